The molecule has 2 heterocycles. The van der Waals surface area contributed by atoms with Gasteiger partial charge in [-0.2, -0.15) is 0 Å². The fourth-order valence-corrected chi connectivity index (χ4v) is 3.38. The standard InChI is InChI=1S/C17H33N5O2/c1-5-18-17(21-8-6-20(7-9-21)16(4)23)19-12-14(2)22-10-11-24-13-15(22)3/h14-15H,5-13H2,1-4H3,(H,18,19). The number of rotatable bonds is 4. The molecule has 0 aromatic rings. The van der Waals surface area contributed by atoms with Gasteiger partial charge in [-0.1, -0.05) is 0 Å². The Morgan fingerprint density at radius 3 is 2.50 bits per heavy atom. The third kappa shape index (κ3) is 5.08. The quantitative estimate of drug-likeness (QED) is 0.587. The third-order valence-electron chi connectivity index (χ3n) is 4.85. The highest BCUT2D eigenvalue weighted by Gasteiger charge is 2.24. The van der Waals surface area contributed by atoms with Gasteiger partial charge in [0.25, 0.3) is 0 Å². The minimum Gasteiger partial charge on any atom is -0.379 e. The molecule has 0 aromatic carbocycles. The first-order valence-corrected chi connectivity index (χ1v) is 9.15. The van der Waals surface area contributed by atoms with Gasteiger partial charge in [-0.05, 0) is 20.8 Å². The molecule has 1 amide bonds. The van der Waals surface area contributed by atoms with E-state index in [1.807, 2.05) is 4.90 Å². The Bertz CT molecular complexity index is 435. The summed E-state index contributed by atoms with van der Waals surface area (Å²) in [6.07, 6.45) is 0. The van der Waals surface area contributed by atoms with E-state index in [2.05, 4.69) is 35.9 Å². The van der Waals surface area contributed by atoms with Crippen molar-refractivity contribution in [3.05, 3.63) is 0 Å². The highest BCUT2D eigenvalue weighted by Crippen LogP contribution is 2.11. The lowest BCUT2D eigenvalue weighted by Gasteiger charge is -2.38. The molecule has 138 valence electrons. The molecule has 2 rings (SSSR count). The fraction of sp³-hybridized carbons (Fsp3) is 0.882. The van der Waals surface area contributed by atoms with Crippen LogP contribution in [0, 0.1) is 0 Å². The third-order valence-corrected chi connectivity index (χ3v) is 4.85. The molecule has 0 aliphatic carbocycles. The molecule has 2 atom stereocenters. The number of aliphatic imine (C=N–C) groups is 1. The number of amides is 1. The lowest BCUT2D eigenvalue weighted by Crippen LogP contribution is -2.54. The topological polar surface area (TPSA) is 60.4 Å². The summed E-state index contributed by atoms with van der Waals surface area (Å²) in [6, 6.07) is 0.849. The maximum atomic E-state index is 11.5. The van der Waals surface area contributed by atoms with Crippen molar-refractivity contribution >= 4 is 11.9 Å². The summed E-state index contributed by atoms with van der Waals surface area (Å²) in [5.41, 5.74) is 0. The van der Waals surface area contributed by atoms with E-state index in [0.717, 1.165) is 65.0 Å². The zero-order valence-corrected chi connectivity index (χ0v) is 15.6. The molecule has 0 bridgehead atoms. The van der Waals surface area contributed by atoms with Crippen molar-refractivity contribution in [1.82, 2.24) is 20.0 Å². The molecule has 2 saturated heterocycles. The molecular weight excluding hydrogens is 306 g/mol. The lowest BCUT2D eigenvalue weighted by atomic mass is 10.2. The summed E-state index contributed by atoms with van der Waals surface area (Å²) in [7, 11) is 0. The largest absolute Gasteiger partial charge is 0.379 e. The van der Waals surface area contributed by atoms with Crippen LogP contribution in [-0.2, 0) is 9.53 Å². The van der Waals surface area contributed by atoms with E-state index >= 15 is 0 Å². The van der Waals surface area contributed by atoms with Crippen LogP contribution in [0.15, 0.2) is 4.99 Å². The Balaban J connectivity index is 1.91. The van der Waals surface area contributed by atoms with Gasteiger partial charge in [-0.25, -0.2) is 0 Å². The summed E-state index contributed by atoms with van der Waals surface area (Å²) in [4.78, 5) is 23.0. The minimum atomic E-state index is 0.159. The predicted octanol–water partition coefficient (Wildman–Crippen LogP) is 0.225. The molecule has 0 saturated carbocycles. The summed E-state index contributed by atoms with van der Waals surface area (Å²) in [5.74, 6) is 1.12. The van der Waals surface area contributed by atoms with Crippen LogP contribution < -0.4 is 5.32 Å². The SMILES string of the molecule is CCNC(=NCC(C)N1CCOCC1C)N1CCN(C(C)=O)CC1. The summed E-state index contributed by atoms with van der Waals surface area (Å²) >= 11 is 0. The lowest BCUT2D eigenvalue weighted by molar-refractivity contribution is -0.130. The number of piperazine rings is 1. The number of hydrogen-bond donors (Lipinski definition) is 1. The predicted molar refractivity (Wildman–Crippen MR) is 96.3 cm³/mol. The van der Waals surface area contributed by atoms with E-state index in [0.29, 0.717) is 12.1 Å². The molecule has 2 unspecified atom stereocenters. The summed E-state index contributed by atoms with van der Waals surface area (Å²) in [5, 5.41) is 3.40. The number of guanidine groups is 1. The Labute approximate surface area is 146 Å². The molecule has 2 aliphatic heterocycles. The first-order chi connectivity index (χ1) is 11.5. The first kappa shape index (κ1) is 19.0. The van der Waals surface area contributed by atoms with Crippen LogP contribution in [0.4, 0.5) is 0 Å². The Morgan fingerprint density at radius 2 is 1.92 bits per heavy atom. The van der Waals surface area contributed by atoms with Crippen LogP contribution in [0.3, 0.4) is 0 Å². The molecule has 1 N–H and O–H groups in total. The smallest absolute Gasteiger partial charge is 0.219 e. The molecule has 2 aliphatic rings. The average molecular weight is 339 g/mol. The van der Waals surface area contributed by atoms with Crippen molar-refractivity contribution < 1.29 is 9.53 Å². The van der Waals surface area contributed by atoms with E-state index in [4.69, 9.17) is 9.73 Å². The number of carbonyl (C=O) groups excluding carboxylic acids is 1. The van der Waals surface area contributed by atoms with E-state index < -0.39 is 0 Å². The van der Waals surface area contributed by atoms with Gasteiger partial charge in [-0.15, -0.1) is 0 Å². The van der Waals surface area contributed by atoms with Gasteiger partial charge >= 0.3 is 0 Å². The molecule has 0 aromatic heterocycles. The van der Waals surface area contributed by atoms with Gasteiger partial charge in [0.2, 0.25) is 5.91 Å². The highest BCUT2D eigenvalue weighted by atomic mass is 16.5. The Kier molecular flexibility index (Phi) is 7.30. The van der Waals surface area contributed by atoms with Crippen molar-refractivity contribution in [3.8, 4) is 0 Å². The van der Waals surface area contributed by atoms with Gasteiger partial charge < -0.3 is 19.9 Å². The molecule has 7 nitrogen and oxygen atoms in total. The van der Waals surface area contributed by atoms with Crippen LogP contribution in [0.25, 0.3) is 0 Å². The summed E-state index contributed by atoms with van der Waals surface area (Å²) < 4.78 is 5.52. The highest BCUT2D eigenvalue weighted by molar-refractivity contribution is 5.80. The number of ether oxygens (including phenoxy) is 1. The molecule has 0 radical (unpaired) electrons. The number of morpholine rings is 1. The second-order valence-electron chi connectivity index (χ2n) is 6.70. The van der Waals surface area contributed by atoms with Crippen molar-refractivity contribution in [2.75, 3.05) is 59.0 Å². The monoisotopic (exact) mass is 339 g/mol. The first-order valence-electron chi connectivity index (χ1n) is 9.15. The van der Waals surface area contributed by atoms with Gasteiger partial charge in [-0.3, -0.25) is 14.7 Å². The van der Waals surface area contributed by atoms with Gasteiger partial charge in [0, 0.05) is 58.3 Å². The Morgan fingerprint density at radius 1 is 1.25 bits per heavy atom. The summed E-state index contributed by atoms with van der Waals surface area (Å²) in [6.45, 7) is 15.6. The second kappa shape index (κ2) is 9.22. The van der Waals surface area contributed by atoms with Gasteiger partial charge in [0.15, 0.2) is 5.96 Å². The maximum absolute atomic E-state index is 11.5. The average Bonchev–Trinajstić information content (AvgIpc) is 2.59. The second-order valence-corrected chi connectivity index (χ2v) is 6.70. The van der Waals surface area contributed by atoms with Crippen molar-refractivity contribution in [2.45, 2.75) is 39.8 Å². The number of hydrogen-bond acceptors (Lipinski definition) is 4. The van der Waals surface area contributed by atoms with Crippen molar-refractivity contribution in [2.24, 2.45) is 4.99 Å². The zero-order chi connectivity index (χ0) is 17.5. The van der Waals surface area contributed by atoms with Crippen LogP contribution in [0.1, 0.15) is 27.7 Å². The normalized spacial score (nSPS) is 24.8. The fourth-order valence-electron chi connectivity index (χ4n) is 3.38. The maximum Gasteiger partial charge on any atom is 0.219 e. The molecule has 2 fully saturated rings. The van der Waals surface area contributed by atoms with Crippen molar-refractivity contribution in [1.29, 1.82) is 0 Å². The van der Waals surface area contributed by atoms with Gasteiger partial charge in [0.1, 0.15) is 0 Å². The zero-order valence-electron chi connectivity index (χ0n) is 15.6. The van der Waals surface area contributed by atoms with Gasteiger partial charge in [0.05, 0.1) is 19.8 Å². The molecule has 24 heavy (non-hydrogen) atoms. The van der Waals surface area contributed by atoms with Crippen LogP contribution in [-0.4, -0.2) is 97.7 Å². The molecular formula is C17H33N5O2. The number of nitrogens with zero attached hydrogens (tertiary/aromatic N) is 4. The molecule has 7 heteroatoms. The number of carbonyl (C=O) groups is 1. The van der Waals surface area contributed by atoms with Crippen molar-refractivity contribution in [3.63, 3.8) is 0 Å². The van der Waals surface area contributed by atoms with Crippen LogP contribution in [0.5, 0.6) is 0 Å². The van der Waals surface area contributed by atoms with Crippen LogP contribution in [0.2, 0.25) is 0 Å². The molecule has 0 spiro atoms. The minimum absolute atomic E-state index is 0.159. The van der Waals surface area contributed by atoms with E-state index in [-0.39, 0.29) is 5.91 Å². The van der Waals surface area contributed by atoms with E-state index in [1.165, 1.54) is 0 Å². The Hall–Kier alpha value is -1.34. The van der Waals surface area contributed by atoms with Crippen LogP contribution >= 0.6 is 0 Å². The number of nitrogens with one attached hydrogen (secondary N) is 1. The van der Waals surface area contributed by atoms with E-state index in [1.54, 1.807) is 6.92 Å². The van der Waals surface area contributed by atoms with E-state index in [9.17, 15) is 4.79 Å².